The van der Waals surface area contributed by atoms with Crippen molar-refractivity contribution in [2.75, 3.05) is 7.05 Å². The van der Waals surface area contributed by atoms with Gasteiger partial charge in [0, 0.05) is 18.3 Å². The lowest BCUT2D eigenvalue weighted by Crippen LogP contribution is -2.24. The monoisotopic (exact) mass is 194 g/mol. The average molecular weight is 194 g/mol. The summed E-state index contributed by atoms with van der Waals surface area (Å²) in [4.78, 5) is 4.22. The van der Waals surface area contributed by atoms with Gasteiger partial charge in [-0.3, -0.25) is 0 Å². The molecular weight excluding hydrogens is 176 g/mol. The molecule has 0 radical (unpaired) electrons. The van der Waals surface area contributed by atoms with Gasteiger partial charge in [-0.25, -0.2) is 4.98 Å². The second-order valence-corrected chi connectivity index (χ2v) is 4.21. The highest BCUT2D eigenvalue weighted by atomic mass is 16.5. The van der Waals surface area contributed by atoms with Crippen LogP contribution < -0.4 is 10.1 Å². The van der Waals surface area contributed by atoms with Gasteiger partial charge in [0.15, 0.2) is 0 Å². The summed E-state index contributed by atoms with van der Waals surface area (Å²) in [5.74, 6) is 0.717. The van der Waals surface area contributed by atoms with E-state index in [-0.39, 0.29) is 5.60 Å². The number of aromatic nitrogens is 1. The van der Waals surface area contributed by atoms with Crippen LogP contribution in [0.3, 0.4) is 0 Å². The Morgan fingerprint density at radius 1 is 1.43 bits per heavy atom. The Morgan fingerprint density at radius 3 is 2.71 bits per heavy atom. The van der Waals surface area contributed by atoms with E-state index in [1.807, 2.05) is 40.0 Å². The van der Waals surface area contributed by atoms with Crippen LogP contribution in [0.2, 0.25) is 0 Å². The maximum atomic E-state index is 5.73. The average Bonchev–Trinajstić information content (AvgIpc) is 2.06. The van der Waals surface area contributed by atoms with Crippen molar-refractivity contribution in [3.05, 3.63) is 23.9 Å². The smallest absolute Gasteiger partial charge is 0.218 e. The van der Waals surface area contributed by atoms with E-state index in [9.17, 15) is 0 Å². The van der Waals surface area contributed by atoms with Gasteiger partial charge in [-0.1, -0.05) is 6.07 Å². The van der Waals surface area contributed by atoms with Crippen molar-refractivity contribution < 1.29 is 4.74 Å². The summed E-state index contributed by atoms with van der Waals surface area (Å²) in [6.07, 6.45) is 1.75. The molecule has 0 aliphatic carbocycles. The fourth-order valence-electron chi connectivity index (χ4n) is 1.13. The largest absolute Gasteiger partial charge is 0.472 e. The Morgan fingerprint density at radius 2 is 2.14 bits per heavy atom. The summed E-state index contributed by atoms with van der Waals surface area (Å²) >= 11 is 0. The molecule has 1 rings (SSSR count). The summed E-state index contributed by atoms with van der Waals surface area (Å²) in [6.45, 7) is 6.83. The van der Waals surface area contributed by atoms with Crippen molar-refractivity contribution in [1.82, 2.24) is 10.3 Å². The summed E-state index contributed by atoms with van der Waals surface area (Å²) < 4.78 is 5.73. The van der Waals surface area contributed by atoms with Gasteiger partial charge in [0.05, 0.1) is 0 Å². The topological polar surface area (TPSA) is 34.2 Å². The first-order valence-electron chi connectivity index (χ1n) is 4.80. The molecule has 0 aliphatic heterocycles. The van der Waals surface area contributed by atoms with Crippen molar-refractivity contribution in [2.24, 2.45) is 0 Å². The summed E-state index contributed by atoms with van der Waals surface area (Å²) in [5, 5.41) is 3.09. The highest BCUT2D eigenvalue weighted by Crippen LogP contribution is 2.19. The molecule has 0 aliphatic rings. The fourth-order valence-corrected chi connectivity index (χ4v) is 1.13. The first-order chi connectivity index (χ1) is 6.53. The zero-order valence-corrected chi connectivity index (χ0v) is 9.29. The first-order valence-corrected chi connectivity index (χ1v) is 4.80. The lowest BCUT2D eigenvalue weighted by atomic mass is 10.2. The lowest BCUT2D eigenvalue weighted by molar-refractivity contribution is 0.122. The molecule has 1 aromatic rings. The van der Waals surface area contributed by atoms with E-state index >= 15 is 0 Å². The fraction of sp³-hybridized carbons (Fsp3) is 0.545. The Balaban J connectivity index is 2.84. The van der Waals surface area contributed by atoms with Crippen LogP contribution in [0, 0.1) is 0 Å². The van der Waals surface area contributed by atoms with Gasteiger partial charge in [-0.05, 0) is 33.9 Å². The maximum Gasteiger partial charge on any atom is 0.218 e. The van der Waals surface area contributed by atoms with Crippen molar-refractivity contribution in [1.29, 1.82) is 0 Å². The van der Waals surface area contributed by atoms with E-state index in [0.717, 1.165) is 12.1 Å². The quantitative estimate of drug-likeness (QED) is 0.799. The van der Waals surface area contributed by atoms with Crippen molar-refractivity contribution in [3.63, 3.8) is 0 Å². The minimum atomic E-state index is -0.198. The standard InChI is InChI=1S/C11H18N2O/c1-11(2,3)14-10-9(8-12-4)6-5-7-13-10/h5-7,12H,8H2,1-4H3. The molecule has 0 saturated carbocycles. The van der Waals surface area contributed by atoms with Gasteiger partial charge in [-0.2, -0.15) is 0 Å². The molecule has 0 saturated heterocycles. The molecule has 1 heterocycles. The van der Waals surface area contributed by atoms with E-state index in [1.54, 1.807) is 6.20 Å². The third kappa shape index (κ3) is 3.34. The van der Waals surface area contributed by atoms with Crippen LogP contribution in [-0.4, -0.2) is 17.6 Å². The Hall–Kier alpha value is -1.09. The maximum absolute atomic E-state index is 5.73. The zero-order valence-electron chi connectivity index (χ0n) is 9.29. The van der Waals surface area contributed by atoms with E-state index in [1.165, 1.54) is 0 Å². The molecule has 3 heteroatoms. The molecule has 3 nitrogen and oxygen atoms in total. The SMILES string of the molecule is CNCc1cccnc1OC(C)(C)C. The van der Waals surface area contributed by atoms with Crippen LogP contribution in [0.4, 0.5) is 0 Å². The molecule has 14 heavy (non-hydrogen) atoms. The Labute approximate surface area is 85.5 Å². The van der Waals surface area contributed by atoms with Crippen molar-refractivity contribution in [3.8, 4) is 5.88 Å². The van der Waals surface area contributed by atoms with Gasteiger partial charge in [0.1, 0.15) is 5.60 Å². The van der Waals surface area contributed by atoms with Gasteiger partial charge < -0.3 is 10.1 Å². The number of rotatable bonds is 3. The normalized spacial score (nSPS) is 11.4. The summed E-state index contributed by atoms with van der Waals surface area (Å²) in [5.41, 5.74) is 0.890. The highest BCUT2D eigenvalue weighted by Gasteiger charge is 2.14. The van der Waals surface area contributed by atoms with Crippen LogP contribution >= 0.6 is 0 Å². The molecule has 0 bridgehead atoms. The van der Waals surface area contributed by atoms with Crippen molar-refractivity contribution in [2.45, 2.75) is 32.9 Å². The van der Waals surface area contributed by atoms with Crippen molar-refractivity contribution >= 4 is 0 Å². The Kier molecular flexibility index (Phi) is 3.47. The minimum Gasteiger partial charge on any atom is -0.472 e. The van der Waals surface area contributed by atoms with E-state index in [2.05, 4.69) is 10.3 Å². The van der Waals surface area contributed by atoms with Crippen LogP contribution in [0.15, 0.2) is 18.3 Å². The van der Waals surface area contributed by atoms with E-state index < -0.39 is 0 Å². The van der Waals surface area contributed by atoms with Crippen LogP contribution in [-0.2, 0) is 6.54 Å². The van der Waals surface area contributed by atoms with Gasteiger partial charge in [0.25, 0.3) is 0 Å². The van der Waals surface area contributed by atoms with E-state index in [0.29, 0.717) is 5.88 Å². The van der Waals surface area contributed by atoms with Gasteiger partial charge in [0.2, 0.25) is 5.88 Å². The zero-order chi connectivity index (χ0) is 10.6. The van der Waals surface area contributed by atoms with E-state index in [4.69, 9.17) is 4.74 Å². The number of nitrogens with zero attached hydrogens (tertiary/aromatic N) is 1. The second kappa shape index (κ2) is 4.42. The second-order valence-electron chi connectivity index (χ2n) is 4.21. The molecule has 78 valence electrons. The molecule has 0 fully saturated rings. The minimum absolute atomic E-state index is 0.198. The number of hydrogen-bond donors (Lipinski definition) is 1. The molecule has 0 spiro atoms. The first kappa shape index (κ1) is 11.0. The third-order valence-corrected chi connectivity index (χ3v) is 1.62. The predicted molar refractivity (Wildman–Crippen MR) is 57.4 cm³/mol. The molecule has 0 atom stereocenters. The molecular formula is C11H18N2O. The van der Waals surface area contributed by atoms with Gasteiger partial charge >= 0.3 is 0 Å². The highest BCUT2D eigenvalue weighted by molar-refractivity contribution is 5.25. The summed E-state index contributed by atoms with van der Waals surface area (Å²) in [7, 11) is 1.91. The Bertz CT molecular complexity index is 292. The van der Waals surface area contributed by atoms with Crippen LogP contribution in [0.5, 0.6) is 5.88 Å². The predicted octanol–water partition coefficient (Wildman–Crippen LogP) is 1.98. The third-order valence-electron chi connectivity index (χ3n) is 1.62. The molecule has 1 N–H and O–H groups in total. The number of ether oxygens (including phenoxy) is 1. The summed E-state index contributed by atoms with van der Waals surface area (Å²) in [6, 6.07) is 3.94. The molecule has 0 aromatic carbocycles. The van der Waals surface area contributed by atoms with Crippen LogP contribution in [0.1, 0.15) is 26.3 Å². The molecule has 0 amide bonds. The molecule has 0 unspecified atom stereocenters. The van der Waals surface area contributed by atoms with Gasteiger partial charge in [-0.15, -0.1) is 0 Å². The number of hydrogen-bond acceptors (Lipinski definition) is 3. The molecule has 1 aromatic heterocycles. The van der Waals surface area contributed by atoms with Crippen LogP contribution in [0.25, 0.3) is 0 Å². The number of nitrogens with one attached hydrogen (secondary N) is 1. The number of pyridine rings is 1. The lowest BCUT2D eigenvalue weighted by Gasteiger charge is -2.21.